The zero-order valence-electron chi connectivity index (χ0n) is 8.97. The quantitative estimate of drug-likeness (QED) is 0.512. The summed E-state index contributed by atoms with van der Waals surface area (Å²) in [4.78, 5) is 32.0. The van der Waals surface area contributed by atoms with Gasteiger partial charge in [-0.2, -0.15) is 0 Å². The van der Waals surface area contributed by atoms with Crippen molar-refractivity contribution in [1.29, 1.82) is 0 Å². The largest absolute Gasteiger partial charge is 0.465 e. The van der Waals surface area contributed by atoms with Crippen LogP contribution >= 0.6 is 0 Å². The van der Waals surface area contributed by atoms with Gasteiger partial charge in [-0.05, 0) is 12.1 Å². The molecular weight excluding hydrogens is 224 g/mol. The second kappa shape index (κ2) is 6.26. The number of carboxylic acid groups (broad SMARTS) is 1. The van der Waals surface area contributed by atoms with Crippen molar-refractivity contribution < 1.29 is 19.5 Å². The molecule has 1 aromatic carbocycles. The van der Waals surface area contributed by atoms with E-state index in [4.69, 9.17) is 5.11 Å². The summed E-state index contributed by atoms with van der Waals surface area (Å²) in [6.07, 6.45) is -0.437. The summed E-state index contributed by atoms with van der Waals surface area (Å²) in [5.74, 6) is -0.311. The molecule has 0 radical (unpaired) electrons. The normalized spacial score (nSPS) is 9.41. The van der Waals surface area contributed by atoms with Crippen LogP contribution in [-0.2, 0) is 0 Å². The maximum atomic E-state index is 11.5. The molecule has 0 aliphatic carbocycles. The first-order chi connectivity index (χ1) is 8.13. The topological polar surface area (TPSA) is 95.5 Å². The Balaban J connectivity index is 2.41. The molecule has 0 bridgehead atoms. The van der Waals surface area contributed by atoms with Gasteiger partial charge in [-0.25, -0.2) is 4.79 Å². The third-order valence-corrected chi connectivity index (χ3v) is 2.00. The highest BCUT2D eigenvalue weighted by Crippen LogP contribution is 2.01. The zero-order valence-corrected chi connectivity index (χ0v) is 8.97. The number of amides is 2. The van der Waals surface area contributed by atoms with Gasteiger partial charge < -0.3 is 15.7 Å². The number of rotatable bonds is 5. The van der Waals surface area contributed by atoms with Gasteiger partial charge in [0.2, 0.25) is 0 Å². The van der Waals surface area contributed by atoms with E-state index < -0.39 is 6.09 Å². The first-order valence-electron chi connectivity index (χ1n) is 4.93. The van der Waals surface area contributed by atoms with E-state index in [2.05, 4.69) is 10.6 Å². The fourth-order valence-electron chi connectivity index (χ4n) is 1.16. The monoisotopic (exact) mass is 236 g/mol. The molecule has 0 unspecified atom stereocenters. The summed E-state index contributed by atoms with van der Waals surface area (Å²) < 4.78 is 0. The lowest BCUT2D eigenvalue weighted by molar-refractivity contribution is 0.0952. The van der Waals surface area contributed by atoms with Gasteiger partial charge in [0.15, 0.2) is 0 Å². The number of benzene rings is 1. The summed E-state index contributed by atoms with van der Waals surface area (Å²) in [6, 6.07) is 6.14. The average molecular weight is 236 g/mol. The molecule has 0 aliphatic heterocycles. The summed E-state index contributed by atoms with van der Waals surface area (Å²) in [5.41, 5.74) is 0.917. The van der Waals surface area contributed by atoms with Gasteiger partial charge in [0.05, 0.1) is 0 Å². The number of aldehydes is 1. The molecule has 2 amide bonds. The summed E-state index contributed by atoms with van der Waals surface area (Å²) >= 11 is 0. The molecule has 0 saturated heterocycles. The molecule has 90 valence electrons. The van der Waals surface area contributed by atoms with Gasteiger partial charge in [-0.15, -0.1) is 0 Å². The first kappa shape index (κ1) is 12.7. The maximum absolute atomic E-state index is 11.5. The molecular formula is C11H12N2O4. The molecule has 6 nitrogen and oxygen atoms in total. The van der Waals surface area contributed by atoms with Crippen molar-refractivity contribution in [2.24, 2.45) is 0 Å². The molecule has 0 aliphatic rings. The Bertz CT molecular complexity index is 414. The fourth-order valence-corrected chi connectivity index (χ4v) is 1.16. The predicted molar refractivity (Wildman–Crippen MR) is 60.2 cm³/mol. The summed E-state index contributed by atoms with van der Waals surface area (Å²) in [7, 11) is 0. The number of hydrogen-bond donors (Lipinski definition) is 3. The van der Waals surface area contributed by atoms with Crippen LogP contribution in [0.3, 0.4) is 0 Å². The Morgan fingerprint density at radius 3 is 2.24 bits per heavy atom. The van der Waals surface area contributed by atoms with Crippen LogP contribution in [0.4, 0.5) is 4.79 Å². The van der Waals surface area contributed by atoms with Gasteiger partial charge >= 0.3 is 6.09 Å². The SMILES string of the molecule is O=Cc1ccc(C(=O)NCCNC(=O)O)cc1. The molecule has 0 fully saturated rings. The van der Waals surface area contributed by atoms with E-state index in [-0.39, 0.29) is 19.0 Å². The third kappa shape index (κ3) is 4.33. The Morgan fingerprint density at radius 2 is 1.71 bits per heavy atom. The van der Waals surface area contributed by atoms with E-state index in [0.717, 1.165) is 0 Å². The van der Waals surface area contributed by atoms with Crippen LogP contribution in [0.2, 0.25) is 0 Å². The van der Waals surface area contributed by atoms with Crippen LogP contribution in [-0.4, -0.2) is 36.5 Å². The van der Waals surface area contributed by atoms with Crippen molar-refractivity contribution in [1.82, 2.24) is 10.6 Å². The molecule has 0 saturated carbocycles. The van der Waals surface area contributed by atoms with Gasteiger partial charge in [-0.1, -0.05) is 12.1 Å². The molecule has 0 aromatic heterocycles. The van der Waals surface area contributed by atoms with Crippen molar-refractivity contribution in [2.45, 2.75) is 0 Å². The van der Waals surface area contributed by atoms with Crippen LogP contribution in [0.1, 0.15) is 20.7 Å². The van der Waals surface area contributed by atoms with Crippen LogP contribution in [0, 0.1) is 0 Å². The molecule has 0 heterocycles. The highest BCUT2D eigenvalue weighted by atomic mass is 16.4. The predicted octanol–water partition coefficient (Wildman–Crippen LogP) is 0.496. The highest BCUT2D eigenvalue weighted by Gasteiger charge is 2.04. The molecule has 6 heteroatoms. The van der Waals surface area contributed by atoms with Crippen molar-refractivity contribution in [3.05, 3.63) is 35.4 Å². The molecule has 0 spiro atoms. The number of nitrogens with one attached hydrogen (secondary N) is 2. The van der Waals surface area contributed by atoms with Crippen LogP contribution in [0.15, 0.2) is 24.3 Å². The molecule has 0 atom stereocenters. The van der Waals surface area contributed by atoms with Gasteiger partial charge in [0, 0.05) is 24.2 Å². The zero-order chi connectivity index (χ0) is 12.7. The summed E-state index contributed by atoms with van der Waals surface area (Å²) in [6.45, 7) is 0.355. The maximum Gasteiger partial charge on any atom is 0.404 e. The van der Waals surface area contributed by atoms with Crippen LogP contribution < -0.4 is 10.6 Å². The lowest BCUT2D eigenvalue weighted by Crippen LogP contribution is -2.33. The van der Waals surface area contributed by atoms with Gasteiger partial charge in [-0.3, -0.25) is 9.59 Å². The third-order valence-electron chi connectivity index (χ3n) is 2.00. The van der Waals surface area contributed by atoms with Gasteiger partial charge in [0.1, 0.15) is 6.29 Å². The van der Waals surface area contributed by atoms with E-state index in [0.29, 0.717) is 17.4 Å². The second-order valence-corrected chi connectivity index (χ2v) is 3.23. The Kier molecular flexibility index (Phi) is 4.68. The number of hydrogen-bond acceptors (Lipinski definition) is 3. The summed E-state index contributed by atoms with van der Waals surface area (Å²) in [5, 5.41) is 13.0. The van der Waals surface area contributed by atoms with Gasteiger partial charge in [0.25, 0.3) is 5.91 Å². The first-order valence-corrected chi connectivity index (χ1v) is 4.93. The van der Waals surface area contributed by atoms with Crippen molar-refractivity contribution in [2.75, 3.05) is 13.1 Å². The smallest absolute Gasteiger partial charge is 0.404 e. The van der Waals surface area contributed by atoms with Crippen LogP contribution in [0.5, 0.6) is 0 Å². The molecule has 1 rings (SSSR count). The molecule has 1 aromatic rings. The number of carbonyl (C=O) groups excluding carboxylic acids is 2. The fraction of sp³-hybridized carbons (Fsp3) is 0.182. The van der Waals surface area contributed by atoms with Crippen molar-refractivity contribution in [3.8, 4) is 0 Å². The standard InChI is InChI=1S/C11H12N2O4/c14-7-8-1-3-9(4-2-8)10(15)12-5-6-13-11(16)17/h1-4,7,13H,5-6H2,(H,12,15)(H,16,17). The molecule has 17 heavy (non-hydrogen) atoms. The average Bonchev–Trinajstić information content (AvgIpc) is 2.34. The van der Waals surface area contributed by atoms with Crippen LogP contribution in [0.25, 0.3) is 0 Å². The Labute approximate surface area is 97.6 Å². The second-order valence-electron chi connectivity index (χ2n) is 3.23. The van der Waals surface area contributed by atoms with Crippen molar-refractivity contribution in [3.63, 3.8) is 0 Å². The Morgan fingerprint density at radius 1 is 1.12 bits per heavy atom. The van der Waals surface area contributed by atoms with E-state index in [9.17, 15) is 14.4 Å². The minimum atomic E-state index is -1.13. The van der Waals surface area contributed by atoms with E-state index in [1.165, 1.54) is 24.3 Å². The minimum absolute atomic E-state index is 0.146. The van der Waals surface area contributed by atoms with Crippen molar-refractivity contribution >= 4 is 18.3 Å². The van der Waals surface area contributed by atoms with E-state index in [1.54, 1.807) is 0 Å². The highest BCUT2D eigenvalue weighted by molar-refractivity contribution is 5.94. The van der Waals surface area contributed by atoms with E-state index >= 15 is 0 Å². The minimum Gasteiger partial charge on any atom is -0.465 e. The number of carbonyl (C=O) groups is 3. The lowest BCUT2D eigenvalue weighted by Gasteiger charge is -2.05. The molecule has 3 N–H and O–H groups in total. The Hall–Kier alpha value is -2.37. The lowest BCUT2D eigenvalue weighted by atomic mass is 10.1. The van der Waals surface area contributed by atoms with E-state index in [1.807, 2.05) is 0 Å².